The molecule has 0 aliphatic carbocycles. The number of rotatable bonds is 5. The maximum atomic E-state index is 15.4. The molecule has 0 unspecified atom stereocenters. The third kappa shape index (κ3) is 6.12. The topological polar surface area (TPSA) is 24.7 Å². The van der Waals surface area contributed by atoms with Gasteiger partial charge in [-0.05, 0) is 18.2 Å². The van der Waals surface area contributed by atoms with Gasteiger partial charge < -0.3 is 10.0 Å². The molecule has 0 fully saturated rings. The van der Waals surface area contributed by atoms with Crippen LogP contribution in [0.2, 0.25) is 0 Å². The monoisotopic (exact) mass is 745 g/mol. The van der Waals surface area contributed by atoms with Crippen molar-refractivity contribution in [1.29, 1.82) is 0 Å². The molecule has 5 aromatic rings. The van der Waals surface area contributed by atoms with Crippen molar-refractivity contribution in [3.8, 4) is 5.75 Å². The van der Waals surface area contributed by atoms with Crippen molar-refractivity contribution in [3.63, 3.8) is 0 Å². The molecule has 2 nitrogen and oxygen atoms in total. The van der Waals surface area contributed by atoms with Crippen LogP contribution in [0.1, 0.15) is 0 Å². The average molecular weight is 745 g/mol. The Morgan fingerprint density at radius 3 is 0.961 bits per heavy atom. The van der Waals surface area contributed by atoms with Crippen molar-refractivity contribution >= 4 is 33.7 Å². The summed E-state index contributed by atoms with van der Waals surface area (Å²) in [5.74, 6) is -51.8. The van der Waals surface area contributed by atoms with Gasteiger partial charge in [0.1, 0.15) is 52.5 Å². The lowest BCUT2D eigenvalue weighted by Gasteiger charge is -2.44. The molecule has 2 N–H and O–H groups in total. The molecule has 0 atom stereocenters. The molecule has 0 aliphatic heterocycles. The van der Waals surface area contributed by atoms with Crippen molar-refractivity contribution in [2.75, 3.05) is 14.1 Å². The molecule has 0 amide bonds. The number of halogens is 16. The molecule has 5 aromatic carbocycles. The summed E-state index contributed by atoms with van der Waals surface area (Å²) in [6, 6.07) is 10.2. The van der Waals surface area contributed by atoms with Crippen molar-refractivity contribution in [3.05, 3.63) is 142 Å². The first-order valence-electron chi connectivity index (χ1n) is 13.8. The summed E-state index contributed by atoms with van der Waals surface area (Å²) < 4.78 is 236. The van der Waals surface area contributed by atoms with Crippen LogP contribution >= 0.6 is 0 Å². The first-order chi connectivity index (χ1) is 23.7. The minimum atomic E-state index is -6.24. The Morgan fingerprint density at radius 1 is 0.412 bits per heavy atom. The predicted molar refractivity (Wildman–Crippen MR) is 150 cm³/mol. The van der Waals surface area contributed by atoms with Gasteiger partial charge in [-0.2, -0.15) is 5.46 Å². The van der Waals surface area contributed by atoms with Gasteiger partial charge in [0.15, 0.2) is 52.4 Å². The standard InChI is InChI=1S/C24H4BF16O.C8H11N/c26-6-3-4(42)1-2-5(6)25(7-10(27)16(33)22(39)17(34)11(7)28,8-12(29)18(35)23(40)19(36)13(8)30)9-14(31)20(37)24(41)21(38)15(9)32;1-9(2)8-6-4-3-5-7-8/h1-3,42H;3-7H,1-2H3/q-1;/p+1. The van der Waals surface area contributed by atoms with E-state index in [0.717, 1.165) is 0 Å². The van der Waals surface area contributed by atoms with Crippen molar-refractivity contribution in [2.24, 2.45) is 0 Å². The summed E-state index contributed by atoms with van der Waals surface area (Å²) >= 11 is 0. The van der Waals surface area contributed by atoms with Crippen LogP contribution in [0.4, 0.5) is 75.9 Å². The number of hydrogen-bond acceptors (Lipinski definition) is 1. The number of phenols is 1. The molecule has 19 heteroatoms. The highest BCUT2D eigenvalue weighted by atomic mass is 19.2. The molecule has 0 heterocycles. The Kier molecular flexibility index (Phi) is 10.8. The van der Waals surface area contributed by atoms with Gasteiger partial charge in [-0.3, -0.25) is 0 Å². The van der Waals surface area contributed by atoms with E-state index in [1.54, 1.807) is 0 Å². The number of benzene rings is 5. The second-order valence-electron chi connectivity index (χ2n) is 10.9. The second kappa shape index (κ2) is 14.2. The first kappa shape index (κ1) is 38.6. The largest absolute Gasteiger partial charge is 0.508 e. The highest BCUT2D eigenvalue weighted by Crippen LogP contribution is 2.29. The van der Waals surface area contributed by atoms with Gasteiger partial charge in [-0.1, -0.05) is 24.3 Å². The number of phenolic OH excluding ortho intramolecular Hbond substituents is 1. The summed E-state index contributed by atoms with van der Waals surface area (Å²) in [6.07, 6.45) is -6.24. The molecule has 51 heavy (non-hydrogen) atoms. The Labute approximate surface area is 275 Å². The second-order valence-corrected chi connectivity index (χ2v) is 10.9. The zero-order chi connectivity index (χ0) is 38.4. The smallest absolute Gasteiger partial charge is 0.200 e. The highest BCUT2D eigenvalue weighted by molar-refractivity contribution is 7.20. The molecule has 5 rings (SSSR count). The van der Waals surface area contributed by atoms with E-state index in [1.165, 1.54) is 10.6 Å². The highest BCUT2D eigenvalue weighted by Gasteiger charge is 2.50. The number of quaternary nitrogens is 1. The fourth-order valence-electron chi connectivity index (χ4n) is 5.54. The summed E-state index contributed by atoms with van der Waals surface area (Å²) in [4.78, 5) is 1.37. The number of aromatic hydroxyl groups is 1. The van der Waals surface area contributed by atoms with Crippen LogP contribution in [-0.4, -0.2) is 25.3 Å². The lowest BCUT2D eigenvalue weighted by molar-refractivity contribution is -0.786. The molecule has 0 aromatic heterocycles. The van der Waals surface area contributed by atoms with Gasteiger partial charge in [0.25, 0.3) is 0 Å². The molecule has 0 aliphatic rings. The van der Waals surface area contributed by atoms with Gasteiger partial charge in [-0.15, -0.1) is 16.4 Å². The zero-order valence-corrected chi connectivity index (χ0v) is 25.2. The van der Waals surface area contributed by atoms with Crippen LogP contribution in [0, 0.1) is 93.1 Å². The Bertz CT molecular complexity index is 1920. The fraction of sp³-hybridized carbons (Fsp3) is 0.0625. The third-order valence-electron chi connectivity index (χ3n) is 7.83. The van der Waals surface area contributed by atoms with E-state index in [2.05, 4.69) is 38.4 Å². The molecule has 0 spiro atoms. The van der Waals surface area contributed by atoms with Crippen molar-refractivity contribution < 1.29 is 80.3 Å². The van der Waals surface area contributed by atoms with Gasteiger partial charge in [0.05, 0.1) is 19.9 Å². The normalized spacial score (nSPS) is 11.6. The molecule has 0 saturated carbocycles. The quantitative estimate of drug-likeness (QED) is 0.106. The van der Waals surface area contributed by atoms with Crippen LogP contribution in [0.5, 0.6) is 5.75 Å². The number of nitrogens with one attached hydrogen (secondary N) is 1. The minimum absolute atomic E-state index is 0.152. The Balaban J connectivity index is 0.000000563. The van der Waals surface area contributed by atoms with E-state index in [4.69, 9.17) is 0 Å². The molecular formula is C32H16BF16NO. The molecule has 270 valence electrons. The zero-order valence-electron chi connectivity index (χ0n) is 25.2. The molecular weight excluding hydrogens is 729 g/mol. The number of hydrogen-bond donors (Lipinski definition) is 2. The lowest BCUT2D eigenvalue weighted by Crippen LogP contribution is -3.00. The summed E-state index contributed by atoms with van der Waals surface area (Å²) in [7, 11) is 4.24. The van der Waals surface area contributed by atoms with Crippen LogP contribution < -0.4 is 26.8 Å². The molecule has 0 saturated heterocycles. The minimum Gasteiger partial charge on any atom is -0.508 e. The molecule has 0 bridgehead atoms. The van der Waals surface area contributed by atoms with E-state index >= 15 is 30.7 Å². The van der Waals surface area contributed by atoms with Crippen molar-refractivity contribution in [2.45, 2.75) is 0 Å². The van der Waals surface area contributed by atoms with E-state index in [1.807, 2.05) is 6.07 Å². The first-order valence-corrected chi connectivity index (χ1v) is 13.8. The molecule has 0 radical (unpaired) electrons. The maximum absolute atomic E-state index is 15.4. The van der Waals surface area contributed by atoms with Crippen LogP contribution in [0.25, 0.3) is 0 Å². The van der Waals surface area contributed by atoms with Crippen LogP contribution in [0.15, 0.2) is 48.5 Å². The lowest BCUT2D eigenvalue weighted by atomic mass is 9.12. The summed E-state index contributed by atoms with van der Waals surface area (Å²) in [5.41, 5.74) is -9.79. The van der Waals surface area contributed by atoms with E-state index < -0.39 is 127 Å². The van der Waals surface area contributed by atoms with Crippen molar-refractivity contribution in [1.82, 2.24) is 0 Å². The number of para-hydroxylation sites is 1. The van der Waals surface area contributed by atoms with Gasteiger partial charge in [0.2, 0.25) is 0 Å². The van der Waals surface area contributed by atoms with Crippen LogP contribution in [0.3, 0.4) is 0 Å². The van der Waals surface area contributed by atoms with Crippen LogP contribution in [-0.2, 0) is 0 Å². The third-order valence-corrected chi connectivity index (χ3v) is 7.83. The van der Waals surface area contributed by atoms with Gasteiger partial charge in [0, 0.05) is 6.07 Å². The fourth-order valence-corrected chi connectivity index (χ4v) is 5.54. The maximum Gasteiger partial charge on any atom is 0.200 e. The Hall–Kier alpha value is -5.20. The van der Waals surface area contributed by atoms with E-state index in [-0.39, 0.29) is 18.2 Å². The van der Waals surface area contributed by atoms with Gasteiger partial charge in [-0.25, -0.2) is 70.2 Å². The Morgan fingerprint density at radius 2 is 0.706 bits per heavy atom. The van der Waals surface area contributed by atoms with Gasteiger partial charge >= 0.3 is 0 Å². The average Bonchev–Trinajstić information content (AvgIpc) is 3.10. The summed E-state index contributed by atoms with van der Waals surface area (Å²) in [5, 5.41) is 9.53. The predicted octanol–water partition coefficient (Wildman–Crippen LogP) is 5.46. The van der Waals surface area contributed by atoms with E-state index in [0.29, 0.717) is 0 Å². The van der Waals surface area contributed by atoms with E-state index in [9.17, 15) is 44.6 Å². The SMILES string of the molecule is C[NH+](C)c1ccccc1.Oc1ccc([B-](c2c(F)c(F)c(F)c(F)c2F)(c2c(F)c(F)c(F)c(F)c2F)c2c(F)c(F)c(F)c(F)c2F)c(F)c1. The summed E-state index contributed by atoms with van der Waals surface area (Å²) in [6.45, 7) is 0.